The fraction of sp³-hybridized carbons (Fsp3) is 0.467. The number of carbonyl (C=O) groups is 2. The van der Waals surface area contributed by atoms with Gasteiger partial charge in [0.2, 0.25) is 5.91 Å². The zero-order valence-corrected chi connectivity index (χ0v) is 12.5. The van der Waals surface area contributed by atoms with Crippen LogP contribution in [0.25, 0.3) is 10.4 Å². The van der Waals surface area contributed by atoms with Gasteiger partial charge in [-0.05, 0) is 23.4 Å². The molecular weight excluding hydrogens is 284 g/mol. The molecule has 0 bridgehead atoms. The first kappa shape index (κ1) is 15.9. The van der Waals surface area contributed by atoms with E-state index in [2.05, 4.69) is 10.0 Å². The molecule has 2 amide bonds. The van der Waals surface area contributed by atoms with Gasteiger partial charge in [-0.25, -0.2) is 9.69 Å². The number of cyclic esters (lactones) is 1. The Hall–Kier alpha value is -2.53. The van der Waals surface area contributed by atoms with E-state index < -0.39 is 18.0 Å². The number of carbonyl (C=O) groups excluding carboxylic acids is 2. The molecular formula is C15H18N4O3. The lowest BCUT2D eigenvalue weighted by molar-refractivity contribution is -0.131. The van der Waals surface area contributed by atoms with Gasteiger partial charge in [-0.15, -0.1) is 0 Å². The largest absolute Gasteiger partial charge is 0.447 e. The molecule has 22 heavy (non-hydrogen) atoms. The van der Waals surface area contributed by atoms with Crippen LogP contribution in [0.4, 0.5) is 4.79 Å². The van der Waals surface area contributed by atoms with Crippen LogP contribution in [0.15, 0.2) is 35.4 Å². The summed E-state index contributed by atoms with van der Waals surface area (Å²) in [4.78, 5) is 28.2. The van der Waals surface area contributed by atoms with Crippen LogP contribution in [0.3, 0.4) is 0 Å². The van der Waals surface area contributed by atoms with Crippen molar-refractivity contribution in [1.29, 1.82) is 0 Å². The highest BCUT2D eigenvalue weighted by molar-refractivity contribution is 5.96. The highest BCUT2D eigenvalue weighted by atomic mass is 16.6. The van der Waals surface area contributed by atoms with Crippen LogP contribution in [-0.2, 0) is 16.0 Å². The van der Waals surface area contributed by atoms with Crippen molar-refractivity contribution in [2.24, 2.45) is 11.0 Å². The molecule has 7 nitrogen and oxygen atoms in total. The summed E-state index contributed by atoms with van der Waals surface area (Å²) in [6.07, 6.45) is -0.163. The lowest BCUT2D eigenvalue weighted by Gasteiger charge is -2.24. The number of rotatable bonds is 5. The van der Waals surface area contributed by atoms with Crippen LogP contribution < -0.4 is 0 Å². The highest BCUT2D eigenvalue weighted by Gasteiger charge is 2.41. The first-order valence-electron chi connectivity index (χ1n) is 7.12. The van der Waals surface area contributed by atoms with E-state index in [9.17, 15) is 9.59 Å². The number of amides is 2. The number of azide groups is 1. The van der Waals surface area contributed by atoms with Gasteiger partial charge >= 0.3 is 6.09 Å². The second-order valence-corrected chi connectivity index (χ2v) is 5.52. The first-order valence-corrected chi connectivity index (χ1v) is 7.12. The van der Waals surface area contributed by atoms with Crippen molar-refractivity contribution in [3.05, 3.63) is 46.3 Å². The number of hydrogen-bond donors (Lipinski definition) is 0. The van der Waals surface area contributed by atoms with Crippen molar-refractivity contribution < 1.29 is 14.3 Å². The minimum atomic E-state index is -0.908. The molecule has 1 aliphatic rings. The number of nitrogens with zero attached hydrogens (tertiary/aromatic N) is 4. The van der Waals surface area contributed by atoms with Gasteiger partial charge in [-0.2, -0.15) is 0 Å². The molecule has 0 aromatic heterocycles. The monoisotopic (exact) mass is 302 g/mol. The van der Waals surface area contributed by atoms with Crippen LogP contribution in [0.2, 0.25) is 0 Å². The maximum Gasteiger partial charge on any atom is 0.416 e. The Kier molecular flexibility index (Phi) is 5.01. The van der Waals surface area contributed by atoms with E-state index in [0.717, 1.165) is 10.5 Å². The van der Waals surface area contributed by atoms with Gasteiger partial charge in [0.25, 0.3) is 0 Å². The SMILES string of the molecule is CC(C)[C@H](N=[N+]=[N-])C(=O)N1C(=O)OC[C@H]1Cc1ccccc1. The summed E-state index contributed by atoms with van der Waals surface area (Å²) in [5.74, 6) is -0.703. The summed E-state index contributed by atoms with van der Waals surface area (Å²) >= 11 is 0. The third-order valence-electron chi connectivity index (χ3n) is 3.57. The van der Waals surface area contributed by atoms with E-state index in [4.69, 9.17) is 10.3 Å². The lowest BCUT2D eigenvalue weighted by atomic mass is 10.0. The standard InChI is InChI=1S/C15H18N4O3/c1-10(2)13(17-18-16)14(20)19-12(9-22-15(19)21)8-11-6-4-3-5-7-11/h3-7,10,12-13H,8-9H2,1-2H3/t12-,13+/m1/s1. The molecule has 1 heterocycles. The smallest absolute Gasteiger partial charge is 0.416 e. The normalized spacial score (nSPS) is 18.8. The molecule has 0 N–H and O–H groups in total. The molecule has 1 aliphatic heterocycles. The maximum absolute atomic E-state index is 12.5. The summed E-state index contributed by atoms with van der Waals surface area (Å²) < 4.78 is 5.01. The summed E-state index contributed by atoms with van der Waals surface area (Å²) in [6.45, 7) is 3.69. The van der Waals surface area contributed by atoms with E-state index in [1.807, 2.05) is 30.3 Å². The van der Waals surface area contributed by atoms with E-state index in [-0.39, 0.29) is 18.6 Å². The van der Waals surface area contributed by atoms with Gasteiger partial charge in [-0.3, -0.25) is 4.79 Å². The number of benzene rings is 1. The second kappa shape index (κ2) is 6.95. The Balaban J connectivity index is 2.20. The molecule has 7 heteroatoms. The van der Waals surface area contributed by atoms with Crippen LogP contribution >= 0.6 is 0 Å². The highest BCUT2D eigenvalue weighted by Crippen LogP contribution is 2.21. The Labute approximate surface area is 128 Å². The molecule has 1 saturated heterocycles. The quantitative estimate of drug-likeness (QED) is 0.475. The van der Waals surface area contributed by atoms with Crippen molar-refractivity contribution in [3.8, 4) is 0 Å². The summed E-state index contributed by atoms with van der Waals surface area (Å²) in [5, 5.41) is 3.53. The molecule has 0 saturated carbocycles. The minimum Gasteiger partial charge on any atom is -0.447 e. The number of ether oxygens (including phenoxy) is 1. The average Bonchev–Trinajstić information content (AvgIpc) is 2.85. The van der Waals surface area contributed by atoms with E-state index in [0.29, 0.717) is 6.42 Å². The zero-order chi connectivity index (χ0) is 16.1. The van der Waals surface area contributed by atoms with Gasteiger partial charge in [0.05, 0.1) is 6.04 Å². The zero-order valence-electron chi connectivity index (χ0n) is 12.5. The van der Waals surface area contributed by atoms with Crippen molar-refractivity contribution in [3.63, 3.8) is 0 Å². The number of hydrogen-bond acceptors (Lipinski definition) is 4. The van der Waals surface area contributed by atoms with Gasteiger partial charge in [0, 0.05) is 4.91 Å². The molecule has 0 spiro atoms. The van der Waals surface area contributed by atoms with Gasteiger partial charge in [0.1, 0.15) is 12.6 Å². The molecule has 1 fully saturated rings. The molecule has 0 unspecified atom stereocenters. The topological polar surface area (TPSA) is 95.4 Å². The Morgan fingerprint density at radius 3 is 2.73 bits per heavy atom. The first-order chi connectivity index (χ1) is 10.5. The van der Waals surface area contributed by atoms with Crippen LogP contribution in [0, 0.1) is 5.92 Å². The molecule has 116 valence electrons. The Bertz CT molecular complexity index is 596. The summed E-state index contributed by atoms with van der Waals surface area (Å²) in [7, 11) is 0. The Morgan fingerprint density at radius 1 is 1.45 bits per heavy atom. The van der Waals surface area contributed by atoms with Crippen molar-refractivity contribution in [1.82, 2.24) is 4.90 Å². The predicted molar refractivity (Wildman–Crippen MR) is 79.9 cm³/mol. The molecule has 2 atom stereocenters. The third-order valence-corrected chi connectivity index (χ3v) is 3.57. The van der Waals surface area contributed by atoms with Crippen LogP contribution in [0.1, 0.15) is 19.4 Å². The van der Waals surface area contributed by atoms with Gasteiger partial charge < -0.3 is 4.74 Å². The molecule has 0 radical (unpaired) electrons. The molecule has 1 aromatic rings. The second-order valence-electron chi connectivity index (χ2n) is 5.52. The van der Waals surface area contributed by atoms with E-state index >= 15 is 0 Å². The minimum absolute atomic E-state index is 0.153. The fourth-order valence-electron chi connectivity index (χ4n) is 2.43. The van der Waals surface area contributed by atoms with Gasteiger partial charge in [-0.1, -0.05) is 49.3 Å². The van der Waals surface area contributed by atoms with Crippen molar-refractivity contribution in [2.45, 2.75) is 32.4 Å². The predicted octanol–water partition coefficient (Wildman–Crippen LogP) is 2.91. The van der Waals surface area contributed by atoms with E-state index in [1.165, 1.54) is 0 Å². The third kappa shape index (κ3) is 3.38. The molecule has 2 rings (SSSR count). The average molecular weight is 302 g/mol. The Morgan fingerprint density at radius 2 is 2.14 bits per heavy atom. The van der Waals surface area contributed by atoms with Crippen LogP contribution in [0.5, 0.6) is 0 Å². The fourth-order valence-corrected chi connectivity index (χ4v) is 2.43. The molecule has 1 aromatic carbocycles. The van der Waals surface area contributed by atoms with Gasteiger partial charge in [0.15, 0.2) is 0 Å². The maximum atomic E-state index is 12.5. The van der Waals surface area contributed by atoms with Crippen molar-refractivity contribution in [2.75, 3.05) is 6.61 Å². The van der Waals surface area contributed by atoms with Crippen molar-refractivity contribution >= 4 is 12.0 Å². The summed E-state index contributed by atoms with van der Waals surface area (Å²) in [5.41, 5.74) is 9.62. The van der Waals surface area contributed by atoms with E-state index in [1.54, 1.807) is 13.8 Å². The summed E-state index contributed by atoms with van der Waals surface area (Å²) in [6, 6.07) is 8.27. The number of imide groups is 1. The lowest BCUT2D eigenvalue weighted by Crippen LogP contribution is -2.46. The van der Waals surface area contributed by atoms with Crippen LogP contribution in [-0.4, -0.2) is 35.6 Å². The molecule has 0 aliphatic carbocycles.